The van der Waals surface area contributed by atoms with E-state index < -0.39 is 0 Å². The van der Waals surface area contributed by atoms with Gasteiger partial charge in [0, 0.05) is 18.0 Å². The highest BCUT2D eigenvalue weighted by atomic mass is 35.5. The highest BCUT2D eigenvalue weighted by Gasteiger charge is 2.09. The van der Waals surface area contributed by atoms with Gasteiger partial charge < -0.3 is 14.8 Å². The van der Waals surface area contributed by atoms with Crippen molar-refractivity contribution < 1.29 is 9.47 Å². The van der Waals surface area contributed by atoms with Crippen molar-refractivity contribution in [2.24, 2.45) is 0 Å². The molecule has 2 aromatic rings. The Labute approximate surface area is 121 Å². The van der Waals surface area contributed by atoms with Crippen LogP contribution in [0.1, 0.15) is 5.56 Å². The van der Waals surface area contributed by atoms with Gasteiger partial charge in [0.05, 0.1) is 19.8 Å². The van der Waals surface area contributed by atoms with Crippen LogP contribution in [-0.2, 0) is 0 Å². The fraction of sp³-hybridized carbons (Fsp3) is 0.143. The minimum Gasteiger partial charge on any atom is -0.493 e. The van der Waals surface area contributed by atoms with E-state index >= 15 is 0 Å². The summed E-state index contributed by atoms with van der Waals surface area (Å²) in [7, 11) is 3.13. The van der Waals surface area contributed by atoms with Gasteiger partial charge in [0.1, 0.15) is 11.1 Å². The number of nitrogens with zero attached hydrogens (tertiary/aromatic N) is 2. The predicted octanol–water partition coefficient (Wildman–Crippen LogP) is 3.37. The van der Waals surface area contributed by atoms with Gasteiger partial charge in [0.25, 0.3) is 0 Å². The van der Waals surface area contributed by atoms with Crippen molar-refractivity contribution in [3.05, 3.63) is 41.0 Å². The van der Waals surface area contributed by atoms with Crippen LogP contribution in [0.2, 0.25) is 5.02 Å². The summed E-state index contributed by atoms with van der Waals surface area (Å²) < 4.78 is 10.4. The van der Waals surface area contributed by atoms with Gasteiger partial charge in [0.15, 0.2) is 17.3 Å². The number of nitriles is 1. The van der Waals surface area contributed by atoms with E-state index in [1.807, 2.05) is 6.07 Å². The molecule has 0 spiro atoms. The second-order valence-electron chi connectivity index (χ2n) is 3.83. The molecular weight excluding hydrogens is 278 g/mol. The summed E-state index contributed by atoms with van der Waals surface area (Å²) in [6.07, 6.45) is 1.52. The summed E-state index contributed by atoms with van der Waals surface area (Å²) >= 11 is 6.09. The van der Waals surface area contributed by atoms with Crippen molar-refractivity contribution in [1.29, 1.82) is 5.26 Å². The molecule has 1 aromatic heterocycles. The summed E-state index contributed by atoms with van der Waals surface area (Å²) in [5.41, 5.74) is 1.09. The Morgan fingerprint density at radius 3 is 2.60 bits per heavy atom. The molecule has 2 rings (SSSR count). The molecule has 0 radical (unpaired) electrons. The van der Waals surface area contributed by atoms with E-state index in [4.69, 9.17) is 26.3 Å². The third kappa shape index (κ3) is 2.76. The van der Waals surface area contributed by atoms with Gasteiger partial charge in [-0.3, -0.25) is 0 Å². The molecule has 0 amide bonds. The van der Waals surface area contributed by atoms with Crippen molar-refractivity contribution in [3.63, 3.8) is 0 Å². The second kappa shape index (κ2) is 6.13. The number of benzene rings is 1. The lowest BCUT2D eigenvalue weighted by Crippen LogP contribution is -1.97. The first kappa shape index (κ1) is 14.0. The van der Waals surface area contributed by atoms with Crippen LogP contribution in [0, 0.1) is 11.3 Å². The average molecular weight is 290 g/mol. The largest absolute Gasteiger partial charge is 0.493 e. The van der Waals surface area contributed by atoms with Crippen molar-refractivity contribution in [2.45, 2.75) is 0 Å². The molecule has 0 aliphatic heterocycles. The van der Waals surface area contributed by atoms with Crippen LogP contribution in [0.3, 0.4) is 0 Å². The standard InChI is InChI=1S/C14H12ClN3O2/c1-19-11-4-3-10(7-12(11)20-2)18-14-13(15)9(8-16)5-6-17-14/h3-7H,1-2H3,(H,17,18). The Kier molecular flexibility index (Phi) is 4.28. The molecule has 5 nitrogen and oxygen atoms in total. The summed E-state index contributed by atoms with van der Waals surface area (Å²) in [5.74, 6) is 1.63. The molecule has 0 atom stereocenters. The molecule has 0 bridgehead atoms. The molecule has 6 heteroatoms. The van der Waals surface area contributed by atoms with Crippen molar-refractivity contribution in [3.8, 4) is 17.6 Å². The molecule has 0 saturated heterocycles. The molecule has 0 aliphatic rings. The van der Waals surface area contributed by atoms with Gasteiger partial charge in [-0.2, -0.15) is 5.26 Å². The Morgan fingerprint density at radius 2 is 1.95 bits per heavy atom. The maximum Gasteiger partial charge on any atom is 0.162 e. The first-order valence-corrected chi connectivity index (χ1v) is 6.11. The summed E-state index contributed by atoms with van der Waals surface area (Å²) in [6.45, 7) is 0. The normalized spacial score (nSPS) is 9.70. The lowest BCUT2D eigenvalue weighted by molar-refractivity contribution is 0.355. The fourth-order valence-electron chi connectivity index (χ4n) is 1.67. The highest BCUT2D eigenvalue weighted by molar-refractivity contribution is 6.34. The number of ether oxygens (including phenoxy) is 2. The van der Waals surface area contributed by atoms with Crippen LogP contribution in [0.4, 0.5) is 11.5 Å². The maximum atomic E-state index is 8.93. The van der Waals surface area contributed by atoms with Gasteiger partial charge in [-0.05, 0) is 18.2 Å². The molecule has 20 heavy (non-hydrogen) atoms. The van der Waals surface area contributed by atoms with Crippen LogP contribution in [0.25, 0.3) is 0 Å². The van der Waals surface area contributed by atoms with Crippen LogP contribution >= 0.6 is 11.6 Å². The number of anilines is 2. The Balaban J connectivity index is 2.33. The Hall–Kier alpha value is -2.45. The maximum absolute atomic E-state index is 8.93. The van der Waals surface area contributed by atoms with Gasteiger partial charge >= 0.3 is 0 Å². The van der Waals surface area contributed by atoms with E-state index in [1.165, 1.54) is 6.20 Å². The number of hydrogen-bond acceptors (Lipinski definition) is 5. The van der Waals surface area contributed by atoms with Crippen LogP contribution < -0.4 is 14.8 Å². The van der Waals surface area contributed by atoms with Gasteiger partial charge in [-0.1, -0.05) is 11.6 Å². The van der Waals surface area contributed by atoms with E-state index in [-0.39, 0.29) is 5.02 Å². The van der Waals surface area contributed by atoms with E-state index in [0.717, 1.165) is 5.69 Å². The monoisotopic (exact) mass is 289 g/mol. The van der Waals surface area contributed by atoms with Crippen molar-refractivity contribution in [1.82, 2.24) is 4.98 Å². The van der Waals surface area contributed by atoms with Crippen molar-refractivity contribution in [2.75, 3.05) is 19.5 Å². The molecule has 0 saturated carbocycles. The zero-order chi connectivity index (χ0) is 14.5. The Bertz CT molecular complexity index is 668. The number of halogens is 1. The second-order valence-corrected chi connectivity index (χ2v) is 4.21. The molecule has 0 fully saturated rings. The summed E-state index contributed by atoms with van der Waals surface area (Å²) in [4.78, 5) is 4.11. The fourth-order valence-corrected chi connectivity index (χ4v) is 1.87. The lowest BCUT2D eigenvalue weighted by atomic mass is 10.2. The third-order valence-electron chi connectivity index (χ3n) is 2.66. The average Bonchev–Trinajstić information content (AvgIpc) is 2.49. The predicted molar refractivity (Wildman–Crippen MR) is 76.8 cm³/mol. The lowest BCUT2D eigenvalue weighted by Gasteiger charge is -2.11. The highest BCUT2D eigenvalue weighted by Crippen LogP contribution is 2.32. The number of pyridine rings is 1. The number of methoxy groups -OCH3 is 2. The van der Waals surface area contributed by atoms with Gasteiger partial charge in [-0.25, -0.2) is 4.98 Å². The first-order chi connectivity index (χ1) is 9.69. The molecule has 1 N–H and O–H groups in total. The van der Waals surface area contributed by atoms with E-state index in [0.29, 0.717) is 22.9 Å². The molecule has 0 aliphatic carbocycles. The number of nitrogens with one attached hydrogen (secondary N) is 1. The molecular formula is C14H12ClN3O2. The zero-order valence-corrected chi connectivity index (χ0v) is 11.7. The number of rotatable bonds is 4. The molecule has 102 valence electrons. The quantitative estimate of drug-likeness (QED) is 0.934. The summed E-state index contributed by atoms with van der Waals surface area (Å²) in [5, 5.41) is 12.3. The van der Waals surface area contributed by atoms with Crippen LogP contribution in [0.15, 0.2) is 30.5 Å². The van der Waals surface area contributed by atoms with E-state index in [9.17, 15) is 0 Å². The minimum atomic E-state index is 0.282. The third-order valence-corrected chi connectivity index (χ3v) is 3.04. The smallest absolute Gasteiger partial charge is 0.162 e. The molecule has 1 aromatic carbocycles. The van der Waals surface area contributed by atoms with Crippen molar-refractivity contribution >= 4 is 23.1 Å². The number of hydrogen-bond donors (Lipinski definition) is 1. The summed E-state index contributed by atoms with van der Waals surface area (Å²) in [6, 6.07) is 8.89. The van der Waals surface area contributed by atoms with E-state index in [2.05, 4.69) is 10.3 Å². The minimum absolute atomic E-state index is 0.282. The van der Waals surface area contributed by atoms with Crippen LogP contribution in [0.5, 0.6) is 11.5 Å². The van der Waals surface area contributed by atoms with Gasteiger partial charge in [-0.15, -0.1) is 0 Å². The Morgan fingerprint density at radius 1 is 1.20 bits per heavy atom. The topological polar surface area (TPSA) is 67.2 Å². The zero-order valence-electron chi connectivity index (χ0n) is 11.0. The molecule has 1 heterocycles. The number of aromatic nitrogens is 1. The molecule has 0 unspecified atom stereocenters. The van der Waals surface area contributed by atoms with Crippen LogP contribution in [-0.4, -0.2) is 19.2 Å². The van der Waals surface area contributed by atoms with Gasteiger partial charge in [0.2, 0.25) is 0 Å². The first-order valence-electron chi connectivity index (χ1n) is 5.73. The van der Waals surface area contributed by atoms with E-state index in [1.54, 1.807) is 38.5 Å². The SMILES string of the molecule is COc1ccc(Nc2nccc(C#N)c2Cl)cc1OC.